The number of nitrogens with one attached hydrogen (secondary N) is 1. The van der Waals surface area contributed by atoms with Crippen LogP contribution in [-0.4, -0.2) is 12.5 Å². The third-order valence-corrected chi connectivity index (χ3v) is 4.70. The molecule has 0 unspecified atom stereocenters. The van der Waals surface area contributed by atoms with E-state index in [9.17, 15) is 0 Å². The van der Waals surface area contributed by atoms with E-state index in [1.54, 1.807) is 11.3 Å². The van der Waals surface area contributed by atoms with Crippen molar-refractivity contribution in [3.05, 3.63) is 52.2 Å². The smallest absolute Gasteiger partial charge is 0.193 e. The Morgan fingerprint density at radius 2 is 1.91 bits per heavy atom. The number of nitrogens with zero attached hydrogens (tertiary/aromatic N) is 1. The van der Waals surface area contributed by atoms with Crippen molar-refractivity contribution in [1.82, 2.24) is 0 Å². The molecule has 2 aromatic rings. The molecule has 1 heterocycles. The molecule has 5 heteroatoms. The maximum atomic E-state index is 5.98. The Balaban J connectivity index is 0.00000242. The lowest BCUT2D eigenvalue weighted by Gasteiger charge is -2.21. The monoisotopic (exact) mass is 429 g/mol. The molecule has 0 aliphatic heterocycles. The minimum absolute atomic E-state index is 0. The number of guanidine groups is 1. The van der Waals surface area contributed by atoms with Crippen LogP contribution in [0.3, 0.4) is 0 Å². The van der Waals surface area contributed by atoms with Crippen molar-refractivity contribution in [2.75, 3.05) is 11.9 Å². The maximum Gasteiger partial charge on any atom is 0.193 e. The maximum absolute atomic E-state index is 5.98. The normalized spacial score (nSPS) is 11.9. The number of anilines is 1. The van der Waals surface area contributed by atoms with Gasteiger partial charge in [-0.2, -0.15) is 0 Å². The first-order chi connectivity index (χ1) is 10.0. The summed E-state index contributed by atoms with van der Waals surface area (Å²) >= 11 is 1.76. The van der Waals surface area contributed by atoms with Gasteiger partial charge >= 0.3 is 0 Å². The highest BCUT2D eigenvalue weighted by molar-refractivity contribution is 14.0. The second kappa shape index (κ2) is 8.53. The molecule has 0 amide bonds. The zero-order valence-corrected chi connectivity index (χ0v) is 16.4. The van der Waals surface area contributed by atoms with Crippen LogP contribution in [0.2, 0.25) is 0 Å². The summed E-state index contributed by atoms with van der Waals surface area (Å²) in [7, 11) is 0. The van der Waals surface area contributed by atoms with Gasteiger partial charge in [-0.1, -0.05) is 39.0 Å². The van der Waals surface area contributed by atoms with Gasteiger partial charge in [0.1, 0.15) is 0 Å². The van der Waals surface area contributed by atoms with Gasteiger partial charge in [-0.25, -0.2) is 0 Å². The van der Waals surface area contributed by atoms with Gasteiger partial charge in [-0.15, -0.1) is 35.3 Å². The number of halogens is 1. The number of aryl methyl sites for hydroxylation is 1. The summed E-state index contributed by atoms with van der Waals surface area (Å²) in [6.45, 7) is 7.18. The third kappa shape index (κ3) is 5.28. The molecule has 0 aliphatic rings. The first kappa shape index (κ1) is 19.0. The molecule has 0 radical (unpaired) electrons. The second-order valence-electron chi connectivity index (χ2n) is 5.74. The molecule has 0 atom stereocenters. The molecule has 0 aliphatic carbocycles. The zero-order chi connectivity index (χ0) is 15.3. The van der Waals surface area contributed by atoms with E-state index in [0.29, 0.717) is 12.5 Å². The SMILES string of the molecule is CCc1ccc(NC(N)=NCC(C)(C)c2cccs2)cc1.I. The van der Waals surface area contributed by atoms with E-state index in [1.165, 1.54) is 10.4 Å². The standard InChI is InChI=1S/C17H23N3S.HI/c1-4-13-7-9-14(10-8-13)20-16(18)19-12-17(2,3)15-6-5-11-21-15;/h5-11H,4,12H2,1-3H3,(H3,18,19,20);1H. The number of hydrogen-bond donors (Lipinski definition) is 2. The summed E-state index contributed by atoms with van der Waals surface area (Å²) in [5.41, 5.74) is 8.27. The molecule has 2 rings (SSSR count). The highest BCUT2D eigenvalue weighted by Crippen LogP contribution is 2.27. The van der Waals surface area contributed by atoms with Crippen LogP contribution >= 0.6 is 35.3 Å². The third-order valence-electron chi connectivity index (χ3n) is 3.47. The van der Waals surface area contributed by atoms with Crippen molar-refractivity contribution in [2.45, 2.75) is 32.6 Å². The molecular weight excluding hydrogens is 405 g/mol. The van der Waals surface area contributed by atoms with Crippen LogP contribution in [0.25, 0.3) is 0 Å². The summed E-state index contributed by atoms with van der Waals surface area (Å²) in [5, 5.41) is 5.24. The van der Waals surface area contributed by atoms with E-state index in [-0.39, 0.29) is 29.4 Å². The average molecular weight is 429 g/mol. The molecule has 1 aromatic carbocycles. The van der Waals surface area contributed by atoms with Gasteiger partial charge < -0.3 is 11.1 Å². The quantitative estimate of drug-likeness (QED) is 0.414. The van der Waals surface area contributed by atoms with Crippen molar-refractivity contribution in [1.29, 1.82) is 0 Å². The fraction of sp³-hybridized carbons (Fsp3) is 0.353. The van der Waals surface area contributed by atoms with E-state index in [0.717, 1.165) is 12.1 Å². The summed E-state index contributed by atoms with van der Waals surface area (Å²) in [5.74, 6) is 0.462. The molecule has 0 spiro atoms. The van der Waals surface area contributed by atoms with E-state index in [2.05, 4.69) is 60.7 Å². The predicted octanol–water partition coefficient (Wildman–Crippen LogP) is 4.63. The number of hydrogen-bond acceptors (Lipinski definition) is 2. The van der Waals surface area contributed by atoms with Crippen LogP contribution in [-0.2, 0) is 11.8 Å². The van der Waals surface area contributed by atoms with E-state index in [1.807, 2.05) is 12.1 Å². The van der Waals surface area contributed by atoms with E-state index >= 15 is 0 Å². The number of nitrogens with two attached hydrogens (primary N) is 1. The summed E-state index contributed by atoms with van der Waals surface area (Å²) in [6.07, 6.45) is 1.04. The Morgan fingerprint density at radius 3 is 2.45 bits per heavy atom. The molecule has 0 saturated heterocycles. The molecule has 1 aromatic heterocycles. The van der Waals surface area contributed by atoms with Gasteiger partial charge in [0.05, 0.1) is 6.54 Å². The van der Waals surface area contributed by atoms with Crippen molar-refractivity contribution in [3.63, 3.8) is 0 Å². The molecule has 22 heavy (non-hydrogen) atoms. The molecular formula is C17H24IN3S. The van der Waals surface area contributed by atoms with Crippen molar-refractivity contribution in [3.8, 4) is 0 Å². The topological polar surface area (TPSA) is 50.4 Å². The van der Waals surface area contributed by atoms with Crippen molar-refractivity contribution < 1.29 is 0 Å². The molecule has 120 valence electrons. The fourth-order valence-electron chi connectivity index (χ4n) is 2.04. The van der Waals surface area contributed by atoms with Crippen LogP contribution < -0.4 is 11.1 Å². The Labute approximate surface area is 154 Å². The fourth-order valence-corrected chi connectivity index (χ4v) is 2.88. The van der Waals surface area contributed by atoms with E-state index < -0.39 is 0 Å². The number of rotatable bonds is 5. The lowest BCUT2D eigenvalue weighted by Crippen LogP contribution is -2.27. The first-order valence-corrected chi connectivity index (χ1v) is 8.09. The minimum Gasteiger partial charge on any atom is -0.370 e. The Morgan fingerprint density at radius 1 is 1.23 bits per heavy atom. The van der Waals surface area contributed by atoms with Crippen molar-refractivity contribution in [2.24, 2.45) is 10.7 Å². The Bertz CT molecular complexity index is 589. The van der Waals surface area contributed by atoms with Gasteiger partial charge in [0.15, 0.2) is 5.96 Å². The molecule has 0 bridgehead atoms. The van der Waals surface area contributed by atoms with Gasteiger partial charge in [-0.3, -0.25) is 4.99 Å². The van der Waals surface area contributed by atoms with Crippen LogP contribution in [0.5, 0.6) is 0 Å². The lowest BCUT2D eigenvalue weighted by atomic mass is 9.92. The molecule has 0 saturated carbocycles. The largest absolute Gasteiger partial charge is 0.370 e. The van der Waals surface area contributed by atoms with Crippen molar-refractivity contribution >= 4 is 47.0 Å². The number of benzene rings is 1. The highest BCUT2D eigenvalue weighted by atomic mass is 127. The lowest BCUT2D eigenvalue weighted by molar-refractivity contribution is 0.551. The Kier molecular flexibility index (Phi) is 7.35. The van der Waals surface area contributed by atoms with E-state index in [4.69, 9.17) is 5.73 Å². The summed E-state index contributed by atoms with van der Waals surface area (Å²) in [6, 6.07) is 12.5. The summed E-state index contributed by atoms with van der Waals surface area (Å²) in [4.78, 5) is 5.80. The predicted molar refractivity (Wildman–Crippen MR) is 109 cm³/mol. The zero-order valence-electron chi connectivity index (χ0n) is 13.3. The molecule has 0 fully saturated rings. The van der Waals surface area contributed by atoms with Gasteiger partial charge in [0, 0.05) is 16.0 Å². The Hall–Kier alpha value is -1.08. The van der Waals surface area contributed by atoms with Crippen LogP contribution in [0, 0.1) is 0 Å². The van der Waals surface area contributed by atoms with Crippen LogP contribution in [0.1, 0.15) is 31.2 Å². The minimum atomic E-state index is 0. The van der Waals surface area contributed by atoms with Gasteiger partial charge in [0.2, 0.25) is 0 Å². The van der Waals surface area contributed by atoms with Crippen LogP contribution in [0.15, 0.2) is 46.8 Å². The number of aliphatic imine (C=N–C) groups is 1. The second-order valence-corrected chi connectivity index (χ2v) is 6.69. The van der Waals surface area contributed by atoms with Gasteiger partial charge in [0.25, 0.3) is 0 Å². The van der Waals surface area contributed by atoms with Crippen LogP contribution in [0.4, 0.5) is 5.69 Å². The highest BCUT2D eigenvalue weighted by Gasteiger charge is 2.21. The summed E-state index contributed by atoms with van der Waals surface area (Å²) < 4.78 is 0. The molecule has 3 N–H and O–H groups in total. The van der Waals surface area contributed by atoms with Gasteiger partial charge in [-0.05, 0) is 35.6 Å². The number of thiophene rings is 1. The first-order valence-electron chi connectivity index (χ1n) is 7.21. The molecule has 3 nitrogen and oxygen atoms in total. The average Bonchev–Trinajstić information content (AvgIpc) is 3.01.